The molecule has 2 aromatic rings. The molecule has 0 bridgehead atoms. The van der Waals surface area contributed by atoms with Crippen molar-refractivity contribution in [2.45, 2.75) is 116 Å². The molecule has 0 saturated carbocycles. The summed E-state index contributed by atoms with van der Waals surface area (Å²) in [6, 6.07) is 21.4. The van der Waals surface area contributed by atoms with Crippen LogP contribution in [0.15, 0.2) is 60.7 Å². The van der Waals surface area contributed by atoms with Gasteiger partial charge in [-0.3, -0.25) is 0 Å². The maximum Gasteiger partial charge on any atom is 0.261 e. The van der Waals surface area contributed by atoms with Crippen LogP contribution < -0.4 is 10.4 Å². The molecule has 0 aliphatic carbocycles. The van der Waals surface area contributed by atoms with Crippen molar-refractivity contribution < 1.29 is 37.3 Å². The van der Waals surface area contributed by atoms with Crippen LogP contribution in [0.2, 0.25) is 23.2 Å². The molecule has 1 fully saturated rings. The first-order valence-corrected chi connectivity index (χ1v) is 21.7. The van der Waals surface area contributed by atoms with Gasteiger partial charge in [0.15, 0.2) is 14.1 Å². The largest absolute Gasteiger partial charge is 0.408 e. The number of benzene rings is 2. The van der Waals surface area contributed by atoms with Gasteiger partial charge in [-0.05, 0) is 47.4 Å². The minimum Gasteiger partial charge on any atom is -0.408 e. The second-order valence-electron chi connectivity index (χ2n) is 15.7. The van der Waals surface area contributed by atoms with Gasteiger partial charge in [0.25, 0.3) is 8.32 Å². The summed E-state index contributed by atoms with van der Waals surface area (Å²) < 4.78 is 51.2. The second-order valence-corrected chi connectivity index (χ2v) is 24.8. The minimum absolute atomic E-state index is 0.0656. The summed E-state index contributed by atoms with van der Waals surface area (Å²) >= 11 is 0. The molecule has 1 heterocycles. The van der Waals surface area contributed by atoms with E-state index in [-0.39, 0.29) is 29.6 Å². The number of hydrogen-bond donors (Lipinski definition) is 0. The van der Waals surface area contributed by atoms with Crippen LogP contribution in [-0.4, -0.2) is 87.9 Å². The maximum atomic E-state index is 7.41. The van der Waals surface area contributed by atoms with Gasteiger partial charge in [0.1, 0.15) is 31.9 Å². The molecular formula is C37H62O8Si2. The van der Waals surface area contributed by atoms with Crippen LogP contribution in [0, 0.1) is 5.92 Å². The molecule has 47 heavy (non-hydrogen) atoms. The summed E-state index contributed by atoms with van der Waals surface area (Å²) in [5.41, 5.74) is 0. The Morgan fingerprint density at radius 2 is 1.30 bits per heavy atom. The number of rotatable bonds is 17. The molecule has 3 rings (SSSR count). The monoisotopic (exact) mass is 690 g/mol. The minimum atomic E-state index is -2.81. The molecule has 1 saturated heterocycles. The Balaban J connectivity index is 2.12. The van der Waals surface area contributed by atoms with E-state index < -0.39 is 46.8 Å². The fourth-order valence-electron chi connectivity index (χ4n) is 6.12. The predicted molar refractivity (Wildman–Crippen MR) is 193 cm³/mol. The van der Waals surface area contributed by atoms with Gasteiger partial charge in [-0.1, -0.05) is 109 Å². The van der Waals surface area contributed by atoms with Gasteiger partial charge in [-0.15, -0.1) is 0 Å². The fourth-order valence-corrected chi connectivity index (χ4v) is 12.1. The van der Waals surface area contributed by atoms with Crippen LogP contribution in [0.5, 0.6) is 0 Å². The molecule has 0 unspecified atom stereocenters. The lowest BCUT2D eigenvalue weighted by Gasteiger charge is -2.47. The highest BCUT2D eigenvalue weighted by Gasteiger charge is 2.53. The van der Waals surface area contributed by atoms with Crippen LogP contribution in [0.25, 0.3) is 0 Å². The molecule has 0 aromatic heterocycles. The van der Waals surface area contributed by atoms with E-state index in [0.717, 1.165) is 0 Å². The van der Waals surface area contributed by atoms with E-state index in [1.807, 2.05) is 13.8 Å². The second kappa shape index (κ2) is 16.5. The Hall–Kier alpha value is -1.45. The lowest BCUT2D eigenvalue weighted by Crippen LogP contribution is -2.67. The number of methoxy groups -OCH3 is 2. The first-order chi connectivity index (χ1) is 21.9. The molecule has 0 spiro atoms. The van der Waals surface area contributed by atoms with Gasteiger partial charge in [0.2, 0.25) is 0 Å². The van der Waals surface area contributed by atoms with E-state index in [0.29, 0.717) is 13.2 Å². The Bertz CT molecular complexity index is 1160. The van der Waals surface area contributed by atoms with E-state index in [9.17, 15) is 0 Å². The summed E-state index contributed by atoms with van der Waals surface area (Å²) in [6.45, 7) is 25.1. The molecule has 0 radical (unpaired) electrons. The average molecular weight is 691 g/mol. The Morgan fingerprint density at radius 1 is 0.787 bits per heavy atom. The normalized spacial score (nSPS) is 20.1. The summed E-state index contributed by atoms with van der Waals surface area (Å²) in [4.78, 5) is 0. The SMILES string of the molecule is COCO[C@H]([C@@H](O[Si](C)(C)C(C)(C)C)[C@H](OCOC)[C@@H]1COC(C)(C)O1)[C@H](C)CO[Si](c1ccccc1)(c1ccccc1)C(C)(C)C. The molecule has 1 aliphatic rings. The topological polar surface area (TPSA) is 73.8 Å². The van der Waals surface area contributed by atoms with Crippen LogP contribution in [-0.2, 0) is 37.3 Å². The van der Waals surface area contributed by atoms with Crippen molar-refractivity contribution >= 4 is 27.0 Å². The van der Waals surface area contributed by atoms with Crippen LogP contribution in [0.3, 0.4) is 0 Å². The van der Waals surface area contributed by atoms with Gasteiger partial charge < -0.3 is 37.3 Å². The summed E-state index contributed by atoms with van der Waals surface area (Å²) in [6.07, 6.45) is -1.92. The predicted octanol–water partition coefficient (Wildman–Crippen LogP) is 6.72. The first-order valence-electron chi connectivity index (χ1n) is 16.9. The van der Waals surface area contributed by atoms with Gasteiger partial charge >= 0.3 is 0 Å². The van der Waals surface area contributed by atoms with Crippen molar-refractivity contribution in [2.24, 2.45) is 5.92 Å². The standard InChI is InChI=1S/C37H62O8Si2/c1-28(24-43-47(36(5,6)7,29-20-16-14-17-21-29)30-22-18-15-19-23-30)32(40-26-38-10)34(45-46(12,13)35(2,3)4)33(41-27-39-11)31-25-42-37(8,9)44-31/h14-23,28,31-34H,24-27H2,1-13H3/t28-,31+,32+,33-,34-/m1/s1. The molecule has 1 aliphatic heterocycles. The molecule has 10 heteroatoms. The van der Waals surface area contributed by atoms with Crippen molar-refractivity contribution in [1.82, 2.24) is 0 Å². The van der Waals surface area contributed by atoms with Crippen molar-refractivity contribution in [1.29, 1.82) is 0 Å². The Morgan fingerprint density at radius 3 is 1.72 bits per heavy atom. The third-order valence-electron chi connectivity index (χ3n) is 9.58. The van der Waals surface area contributed by atoms with Gasteiger partial charge in [0.05, 0.1) is 12.7 Å². The highest BCUT2D eigenvalue weighted by atomic mass is 28.4. The average Bonchev–Trinajstić information content (AvgIpc) is 3.36. The van der Waals surface area contributed by atoms with E-state index >= 15 is 0 Å². The lowest BCUT2D eigenvalue weighted by molar-refractivity contribution is -0.214. The molecule has 0 amide bonds. The van der Waals surface area contributed by atoms with E-state index in [1.54, 1.807) is 14.2 Å². The van der Waals surface area contributed by atoms with Crippen LogP contribution in [0.1, 0.15) is 62.3 Å². The Labute approximate surface area is 287 Å². The van der Waals surface area contributed by atoms with Gasteiger partial charge in [0, 0.05) is 26.7 Å². The summed E-state index contributed by atoms with van der Waals surface area (Å²) in [5.74, 6) is -0.868. The molecule has 5 atom stereocenters. The van der Waals surface area contributed by atoms with Crippen LogP contribution in [0.4, 0.5) is 0 Å². The maximum absolute atomic E-state index is 7.41. The molecule has 0 N–H and O–H groups in total. The smallest absolute Gasteiger partial charge is 0.261 e. The first kappa shape index (κ1) is 40.0. The highest BCUT2D eigenvalue weighted by molar-refractivity contribution is 6.99. The highest BCUT2D eigenvalue weighted by Crippen LogP contribution is 2.41. The van der Waals surface area contributed by atoms with E-state index in [2.05, 4.69) is 122 Å². The zero-order valence-corrected chi connectivity index (χ0v) is 33.3. The zero-order valence-electron chi connectivity index (χ0n) is 31.3. The zero-order chi connectivity index (χ0) is 35.1. The fraction of sp³-hybridized carbons (Fsp3) is 0.676. The van der Waals surface area contributed by atoms with Gasteiger partial charge in [-0.2, -0.15) is 0 Å². The summed E-state index contributed by atoms with van der Waals surface area (Å²) in [7, 11) is -1.92. The Kier molecular flexibility index (Phi) is 14.0. The quantitative estimate of drug-likeness (QED) is 0.134. The number of ether oxygens (including phenoxy) is 6. The number of hydrogen-bond acceptors (Lipinski definition) is 8. The van der Waals surface area contributed by atoms with Gasteiger partial charge in [-0.25, -0.2) is 0 Å². The van der Waals surface area contributed by atoms with E-state index in [1.165, 1.54) is 10.4 Å². The third kappa shape index (κ3) is 9.84. The lowest BCUT2D eigenvalue weighted by atomic mass is 9.94. The third-order valence-corrected chi connectivity index (χ3v) is 19.1. The molecular weight excluding hydrogens is 629 g/mol. The van der Waals surface area contributed by atoms with Crippen molar-refractivity contribution in [3.63, 3.8) is 0 Å². The van der Waals surface area contributed by atoms with Crippen molar-refractivity contribution in [2.75, 3.05) is 41.0 Å². The van der Waals surface area contributed by atoms with Crippen molar-refractivity contribution in [3.8, 4) is 0 Å². The molecule has 266 valence electrons. The van der Waals surface area contributed by atoms with Crippen LogP contribution >= 0.6 is 0 Å². The molecule has 2 aromatic carbocycles. The summed E-state index contributed by atoms with van der Waals surface area (Å²) in [5, 5.41) is 2.23. The van der Waals surface area contributed by atoms with Crippen molar-refractivity contribution in [3.05, 3.63) is 60.7 Å². The molecule has 8 nitrogen and oxygen atoms in total. The van der Waals surface area contributed by atoms with E-state index in [4.69, 9.17) is 37.3 Å².